The molecule has 0 bridgehead atoms. The van der Waals surface area contributed by atoms with E-state index in [0.29, 0.717) is 23.4 Å². The highest BCUT2D eigenvalue weighted by Gasteiger charge is 2.24. The molecule has 0 radical (unpaired) electrons. The second kappa shape index (κ2) is 7.14. The van der Waals surface area contributed by atoms with Crippen molar-refractivity contribution in [3.05, 3.63) is 53.3 Å². The number of aromatic nitrogens is 3. The van der Waals surface area contributed by atoms with Gasteiger partial charge < -0.3 is 15.6 Å². The van der Waals surface area contributed by atoms with Crippen LogP contribution in [0, 0.1) is 12.3 Å². The molecular formula is C20H18ClN5O. The van der Waals surface area contributed by atoms with Crippen LogP contribution in [0.2, 0.25) is 0 Å². The number of halogens is 1. The third-order valence-electron chi connectivity index (χ3n) is 4.57. The number of nitrogen functional groups attached to an aromatic ring is 1. The third-order valence-corrected chi connectivity index (χ3v) is 4.57. The third kappa shape index (κ3) is 3.37. The standard InChI is InChI=1S/C14H13N5O.C6H4.ClH/c1-3-8-7-17-14(15)18-12(8)11-6-9-10(19(11)2)4-5-16-13(9)20;1-2-5-4-6(5)3-1;/h1,6-7H,4-5H2,2H3,(H,16,20)(H2,15,17,18);1-4H;1H. The number of fused-ring (bicyclic) bond motifs is 2. The largest absolute Gasteiger partial charge is 0.368 e. The van der Waals surface area contributed by atoms with Gasteiger partial charge in [0.1, 0.15) is 5.69 Å². The van der Waals surface area contributed by atoms with Crippen LogP contribution in [0.15, 0.2) is 36.5 Å². The molecule has 3 heterocycles. The number of benzene rings is 1. The molecule has 0 saturated heterocycles. The maximum atomic E-state index is 11.9. The molecule has 0 aromatic carbocycles. The van der Waals surface area contributed by atoms with Crippen LogP contribution < -0.4 is 11.1 Å². The smallest absolute Gasteiger partial charge is 0.253 e. The number of amides is 1. The Bertz CT molecular complexity index is 1060. The van der Waals surface area contributed by atoms with Crippen LogP contribution in [0.3, 0.4) is 0 Å². The summed E-state index contributed by atoms with van der Waals surface area (Å²) in [5.41, 5.74) is 12.0. The summed E-state index contributed by atoms with van der Waals surface area (Å²) in [7, 11) is 1.89. The van der Waals surface area contributed by atoms with Crippen molar-refractivity contribution < 1.29 is 4.79 Å². The van der Waals surface area contributed by atoms with Crippen LogP contribution in [0.5, 0.6) is 0 Å². The van der Waals surface area contributed by atoms with Crippen molar-refractivity contribution in [1.29, 1.82) is 0 Å². The van der Waals surface area contributed by atoms with Gasteiger partial charge >= 0.3 is 0 Å². The first kappa shape index (κ1) is 18.5. The number of nitrogens with two attached hydrogens (primary N) is 1. The molecule has 0 fully saturated rings. The van der Waals surface area contributed by atoms with Crippen LogP contribution in [-0.4, -0.2) is 27.0 Å². The summed E-state index contributed by atoms with van der Waals surface area (Å²) in [6.07, 6.45) is 7.78. The zero-order valence-corrected chi connectivity index (χ0v) is 15.5. The number of hydrogen-bond acceptors (Lipinski definition) is 4. The highest BCUT2D eigenvalue weighted by Crippen LogP contribution is 2.32. The van der Waals surface area contributed by atoms with Crippen molar-refractivity contribution >= 4 is 24.3 Å². The lowest BCUT2D eigenvalue weighted by Crippen LogP contribution is -2.31. The molecule has 6 nitrogen and oxygen atoms in total. The second-order valence-corrected chi connectivity index (χ2v) is 6.17. The molecule has 3 aliphatic rings. The lowest BCUT2D eigenvalue weighted by Gasteiger charge is -2.14. The van der Waals surface area contributed by atoms with Crippen molar-refractivity contribution in [3.63, 3.8) is 0 Å². The number of terminal acetylenes is 1. The van der Waals surface area contributed by atoms with Crippen LogP contribution in [0.25, 0.3) is 22.5 Å². The summed E-state index contributed by atoms with van der Waals surface area (Å²) in [5.74, 6) is 2.63. The Hall–Kier alpha value is -3.30. The average molecular weight is 380 g/mol. The van der Waals surface area contributed by atoms with E-state index in [9.17, 15) is 4.79 Å². The molecule has 0 spiro atoms. The highest BCUT2D eigenvalue weighted by molar-refractivity contribution is 5.98. The van der Waals surface area contributed by atoms with Crippen LogP contribution in [0.1, 0.15) is 21.6 Å². The summed E-state index contributed by atoms with van der Waals surface area (Å²) in [4.78, 5) is 20.0. The fourth-order valence-electron chi connectivity index (χ4n) is 3.13. The van der Waals surface area contributed by atoms with Crippen molar-refractivity contribution in [3.8, 4) is 34.9 Å². The van der Waals surface area contributed by atoms with Gasteiger partial charge in [0.25, 0.3) is 5.91 Å². The zero-order chi connectivity index (χ0) is 18.3. The van der Waals surface area contributed by atoms with E-state index in [4.69, 9.17) is 12.2 Å². The lowest BCUT2D eigenvalue weighted by molar-refractivity contribution is 0.0945. The van der Waals surface area contributed by atoms with E-state index >= 15 is 0 Å². The summed E-state index contributed by atoms with van der Waals surface area (Å²) in [5, 5.41) is 2.82. The van der Waals surface area contributed by atoms with E-state index in [1.807, 2.05) is 11.6 Å². The van der Waals surface area contributed by atoms with Gasteiger partial charge in [-0.3, -0.25) is 4.79 Å². The number of carbonyl (C=O) groups excluding carboxylic acids is 1. The fraction of sp³-hybridized carbons (Fsp3) is 0.150. The maximum Gasteiger partial charge on any atom is 0.253 e. The van der Waals surface area contributed by atoms with Gasteiger partial charge in [0.2, 0.25) is 5.95 Å². The quantitative estimate of drug-likeness (QED) is 0.497. The summed E-state index contributed by atoms with van der Waals surface area (Å²) in [6.45, 7) is 0.636. The van der Waals surface area contributed by atoms with E-state index in [0.717, 1.165) is 17.8 Å². The molecule has 27 heavy (non-hydrogen) atoms. The zero-order valence-electron chi connectivity index (χ0n) is 14.7. The SMILES string of the molecule is C#Cc1cnc(N)nc1-c1cc2c(n1C)CCNC2=O.Cl.c1cc2cc-2c1. The Morgan fingerprint density at radius 3 is 2.59 bits per heavy atom. The highest BCUT2D eigenvalue weighted by atomic mass is 35.5. The minimum atomic E-state index is -0.0719. The summed E-state index contributed by atoms with van der Waals surface area (Å²) in [6, 6.07) is 10.3. The number of rotatable bonds is 1. The van der Waals surface area contributed by atoms with Crippen molar-refractivity contribution in [2.75, 3.05) is 12.3 Å². The van der Waals surface area contributed by atoms with Crippen molar-refractivity contribution in [1.82, 2.24) is 19.9 Å². The first-order valence-corrected chi connectivity index (χ1v) is 8.25. The first-order valence-electron chi connectivity index (χ1n) is 8.25. The van der Waals surface area contributed by atoms with Gasteiger partial charge in [0.05, 0.1) is 16.8 Å². The van der Waals surface area contributed by atoms with Crippen LogP contribution >= 0.6 is 12.4 Å². The number of anilines is 1. The molecule has 0 atom stereocenters. The number of nitrogens with zero attached hydrogens (tertiary/aromatic N) is 3. The Morgan fingerprint density at radius 1 is 1.30 bits per heavy atom. The predicted molar refractivity (Wildman–Crippen MR) is 108 cm³/mol. The number of hydrogen-bond donors (Lipinski definition) is 2. The fourth-order valence-corrected chi connectivity index (χ4v) is 3.13. The monoisotopic (exact) mass is 379 g/mol. The van der Waals surface area contributed by atoms with Gasteiger partial charge in [-0.2, -0.15) is 0 Å². The van der Waals surface area contributed by atoms with Crippen LogP contribution in [-0.2, 0) is 13.5 Å². The van der Waals surface area contributed by atoms with Gasteiger partial charge in [-0.25, -0.2) is 9.97 Å². The number of nitrogens with one attached hydrogen (secondary N) is 1. The topological polar surface area (TPSA) is 85.8 Å². The molecule has 1 amide bonds. The predicted octanol–water partition coefficient (Wildman–Crippen LogP) is 2.42. The van der Waals surface area contributed by atoms with Gasteiger partial charge in [-0.05, 0) is 23.3 Å². The lowest BCUT2D eigenvalue weighted by atomic mass is 10.1. The molecule has 0 unspecified atom stereocenters. The van der Waals surface area contributed by atoms with Crippen LogP contribution in [0.4, 0.5) is 5.95 Å². The minimum Gasteiger partial charge on any atom is -0.368 e. The molecule has 2 aromatic heterocycles. The van der Waals surface area contributed by atoms with E-state index in [-0.39, 0.29) is 24.3 Å². The normalized spacial score (nSPS) is 12.5. The molecular weight excluding hydrogens is 362 g/mol. The van der Waals surface area contributed by atoms with Gasteiger partial charge in [-0.15, -0.1) is 18.8 Å². The molecule has 2 aromatic rings. The average Bonchev–Trinajstić information content (AvgIpc) is 3.08. The second-order valence-electron chi connectivity index (χ2n) is 6.17. The summed E-state index contributed by atoms with van der Waals surface area (Å²) >= 11 is 0. The number of carbonyl (C=O) groups is 1. The molecule has 1 aliphatic heterocycles. The van der Waals surface area contributed by atoms with E-state index in [2.05, 4.69) is 45.5 Å². The Labute approximate surface area is 163 Å². The van der Waals surface area contributed by atoms with Crippen molar-refractivity contribution in [2.45, 2.75) is 6.42 Å². The molecule has 136 valence electrons. The van der Waals surface area contributed by atoms with E-state index in [1.54, 1.807) is 6.07 Å². The molecule has 5 rings (SSSR count). The maximum absolute atomic E-state index is 11.9. The Morgan fingerprint density at radius 2 is 2.04 bits per heavy atom. The van der Waals surface area contributed by atoms with Crippen molar-refractivity contribution in [2.24, 2.45) is 7.05 Å². The van der Waals surface area contributed by atoms with E-state index in [1.165, 1.54) is 17.3 Å². The molecule has 7 heteroatoms. The Kier molecular flexibility index (Phi) is 4.89. The molecule has 0 saturated carbocycles. The Balaban J connectivity index is 0.000000252. The van der Waals surface area contributed by atoms with Gasteiger partial charge in [-0.1, -0.05) is 24.1 Å². The van der Waals surface area contributed by atoms with Gasteiger partial charge in [0, 0.05) is 31.9 Å². The summed E-state index contributed by atoms with van der Waals surface area (Å²) < 4.78 is 1.94. The minimum absolute atomic E-state index is 0. The molecule has 3 N–H and O–H groups in total. The first-order chi connectivity index (χ1) is 12.6. The van der Waals surface area contributed by atoms with E-state index < -0.39 is 0 Å². The van der Waals surface area contributed by atoms with Gasteiger partial charge in [0.15, 0.2) is 0 Å². The molecule has 2 aliphatic carbocycles.